The lowest BCUT2D eigenvalue weighted by molar-refractivity contribution is 0.102. The van der Waals surface area contributed by atoms with Crippen LogP contribution in [-0.2, 0) is 10.0 Å². The number of benzene rings is 2. The molecule has 0 aliphatic rings. The average Bonchev–Trinajstić information content (AvgIpc) is 2.56. The van der Waals surface area contributed by atoms with E-state index in [9.17, 15) is 22.0 Å². The van der Waals surface area contributed by atoms with Gasteiger partial charge in [0.25, 0.3) is 5.91 Å². The number of amides is 1. The number of halogens is 2. The lowest BCUT2D eigenvalue weighted by Gasteiger charge is -2.09. The second-order valence-corrected chi connectivity index (χ2v) is 6.74. The second-order valence-electron chi connectivity index (χ2n) is 4.98. The van der Waals surface area contributed by atoms with Gasteiger partial charge < -0.3 is 5.32 Å². The lowest BCUT2D eigenvalue weighted by Crippen LogP contribution is -2.24. The highest BCUT2D eigenvalue weighted by atomic mass is 32.2. The van der Waals surface area contributed by atoms with Crippen LogP contribution < -0.4 is 10.0 Å². The van der Waals surface area contributed by atoms with Crippen molar-refractivity contribution < 1.29 is 22.0 Å². The standard InChI is InChI=1S/C16H16F2N2O3S/c1-2-9-19-24(22,23)12-6-3-5-11(10-12)16(21)20-15-13(17)7-4-8-14(15)18/h3-8,10,19H,2,9H2,1H3,(H,20,21). The molecule has 0 radical (unpaired) electrons. The molecule has 0 fully saturated rings. The van der Waals surface area contributed by atoms with Crippen LogP contribution >= 0.6 is 0 Å². The van der Waals surface area contributed by atoms with Crippen molar-refractivity contribution in [3.8, 4) is 0 Å². The molecule has 24 heavy (non-hydrogen) atoms. The first kappa shape index (κ1) is 18.0. The molecule has 0 bridgehead atoms. The van der Waals surface area contributed by atoms with E-state index < -0.39 is 33.3 Å². The van der Waals surface area contributed by atoms with Crippen LogP contribution in [-0.4, -0.2) is 20.9 Å². The number of hydrogen-bond acceptors (Lipinski definition) is 3. The van der Waals surface area contributed by atoms with E-state index in [4.69, 9.17) is 0 Å². The number of anilines is 1. The van der Waals surface area contributed by atoms with Crippen LogP contribution in [0, 0.1) is 11.6 Å². The van der Waals surface area contributed by atoms with E-state index in [1.165, 1.54) is 24.3 Å². The Hall–Kier alpha value is -2.32. The van der Waals surface area contributed by atoms with E-state index in [1.54, 1.807) is 0 Å². The largest absolute Gasteiger partial charge is 0.317 e. The van der Waals surface area contributed by atoms with Gasteiger partial charge in [-0.15, -0.1) is 0 Å². The Morgan fingerprint density at radius 1 is 1.08 bits per heavy atom. The first-order chi connectivity index (χ1) is 11.3. The Morgan fingerprint density at radius 3 is 2.33 bits per heavy atom. The molecule has 0 atom stereocenters. The van der Waals surface area contributed by atoms with E-state index in [0.717, 1.165) is 18.2 Å². The zero-order valence-electron chi connectivity index (χ0n) is 12.8. The van der Waals surface area contributed by atoms with Gasteiger partial charge in [0.1, 0.15) is 17.3 Å². The van der Waals surface area contributed by atoms with Gasteiger partial charge >= 0.3 is 0 Å². The quantitative estimate of drug-likeness (QED) is 0.838. The van der Waals surface area contributed by atoms with E-state index in [2.05, 4.69) is 10.0 Å². The van der Waals surface area contributed by atoms with Gasteiger partial charge in [-0.05, 0) is 36.8 Å². The molecule has 5 nitrogen and oxygen atoms in total. The summed E-state index contributed by atoms with van der Waals surface area (Å²) in [5.74, 6) is -2.65. The lowest BCUT2D eigenvalue weighted by atomic mass is 10.2. The Balaban J connectivity index is 2.27. The van der Waals surface area contributed by atoms with Crippen LogP contribution in [0.25, 0.3) is 0 Å². The fourth-order valence-electron chi connectivity index (χ4n) is 1.93. The zero-order valence-corrected chi connectivity index (χ0v) is 13.7. The van der Waals surface area contributed by atoms with Gasteiger partial charge in [-0.3, -0.25) is 4.79 Å². The Kier molecular flexibility index (Phi) is 5.63. The molecule has 0 aliphatic carbocycles. The van der Waals surface area contributed by atoms with Crippen molar-refractivity contribution in [2.45, 2.75) is 18.2 Å². The summed E-state index contributed by atoms with van der Waals surface area (Å²) >= 11 is 0. The molecule has 0 heterocycles. The molecule has 8 heteroatoms. The molecule has 0 spiro atoms. The maximum absolute atomic E-state index is 13.6. The summed E-state index contributed by atoms with van der Waals surface area (Å²) in [6.07, 6.45) is 0.617. The van der Waals surface area contributed by atoms with Crippen molar-refractivity contribution >= 4 is 21.6 Å². The minimum absolute atomic E-state index is 0.0305. The minimum Gasteiger partial charge on any atom is -0.317 e. The Labute approximate surface area is 138 Å². The summed E-state index contributed by atoms with van der Waals surface area (Å²) in [5, 5.41) is 2.11. The number of carbonyl (C=O) groups is 1. The van der Waals surface area contributed by atoms with Crippen molar-refractivity contribution in [2.75, 3.05) is 11.9 Å². The molecule has 2 rings (SSSR count). The van der Waals surface area contributed by atoms with Crippen LogP contribution in [0.5, 0.6) is 0 Å². The Bertz CT molecular complexity index is 834. The van der Waals surface area contributed by atoms with E-state index >= 15 is 0 Å². The topological polar surface area (TPSA) is 75.3 Å². The first-order valence-corrected chi connectivity index (χ1v) is 8.68. The Morgan fingerprint density at radius 2 is 1.71 bits per heavy atom. The third-order valence-corrected chi connectivity index (χ3v) is 4.61. The summed E-state index contributed by atoms with van der Waals surface area (Å²) < 4.78 is 53.7. The number of carbonyl (C=O) groups excluding carboxylic acids is 1. The van der Waals surface area contributed by atoms with Gasteiger partial charge in [-0.2, -0.15) is 0 Å². The smallest absolute Gasteiger partial charge is 0.255 e. The molecule has 0 aromatic heterocycles. The predicted octanol–water partition coefficient (Wildman–Crippen LogP) is 2.91. The van der Waals surface area contributed by atoms with Gasteiger partial charge in [0.05, 0.1) is 4.90 Å². The monoisotopic (exact) mass is 354 g/mol. The molecule has 0 aliphatic heterocycles. The van der Waals surface area contributed by atoms with Crippen molar-refractivity contribution in [3.05, 3.63) is 59.7 Å². The maximum atomic E-state index is 13.6. The number of rotatable bonds is 6. The molecule has 128 valence electrons. The van der Waals surface area contributed by atoms with Crippen LogP contribution in [0.1, 0.15) is 23.7 Å². The van der Waals surface area contributed by atoms with Gasteiger partial charge in [-0.1, -0.05) is 19.1 Å². The molecule has 0 saturated carbocycles. The number of nitrogens with one attached hydrogen (secondary N) is 2. The van der Waals surface area contributed by atoms with E-state index in [0.29, 0.717) is 6.42 Å². The number of sulfonamides is 1. The highest BCUT2D eigenvalue weighted by Crippen LogP contribution is 2.19. The van der Waals surface area contributed by atoms with Gasteiger partial charge in [-0.25, -0.2) is 21.9 Å². The number of para-hydroxylation sites is 1. The van der Waals surface area contributed by atoms with Crippen LogP contribution in [0.3, 0.4) is 0 Å². The van der Waals surface area contributed by atoms with E-state index in [1.807, 2.05) is 6.92 Å². The minimum atomic E-state index is -3.75. The van der Waals surface area contributed by atoms with Crippen LogP contribution in [0.2, 0.25) is 0 Å². The summed E-state index contributed by atoms with van der Waals surface area (Å²) in [5.41, 5.74) is -0.614. The average molecular weight is 354 g/mol. The molecular weight excluding hydrogens is 338 g/mol. The van der Waals surface area contributed by atoms with Gasteiger partial charge in [0.2, 0.25) is 10.0 Å². The molecule has 2 aromatic carbocycles. The maximum Gasteiger partial charge on any atom is 0.255 e. The molecular formula is C16H16F2N2O3S. The number of hydrogen-bond donors (Lipinski definition) is 2. The molecule has 1 amide bonds. The predicted molar refractivity (Wildman–Crippen MR) is 86.2 cm³/mol. The fourth-order valence-corrected chi connectivity index (χ4v) is 3.11. The van der Waals surface area contributed by atoms with Gasteiger partial charge in [0.15, 0.2) is 0 Å². The van der Waals surface area contributed by atoms with Crippen molar-refractivity contribution in [1.82, 2.24) is 4.72 Å². The SMILES string of the molecule is CCCNS(=O)(=O)c1cccc(C(=O)Nc2c(F)cccc2F)c1. The highest BCUT2D eigenvalue weighted by Gasteiger charge is 2.17. The first-order valence-electron chi connectivity index (χ1n) is 7.20. The third kappa shape index (κ3) is 4.15. The van der Waals surface area contributed by atoms with Crippen LogP contribution in [0.4, 0.5) is 14.5 Å². The summed E-state index contributed by atoms with van der Waals surface area (Å²) in [4.78, 5) is 12.1. The van der Waals surface area contributed by atoms with Crippen molar-refractivity contribution in [3.63, 3.8) is 0 Å². The highest BCUT2D eigenvalue weighted by molar-refractivity contribution is 7.89. The van der Waals surface area contributed by atoms with Crippen molar-refractivity contribution in [2.24, 2.45) is 0 Å². The van der Waals surface area contributed by atoms with Crippen molar-refractivity contribution in [1.29, 1.82) is 0 Å². The molecule has 0 saturated heterocycles. The van der Waals surface area contributed by atoms with E-state index in [-0.39, 0.29) is 17.0 Å². The molecule has 0 unspecified atom stereocenters. The fraction of sp³-hybridized carbons (Fsp3) is 0.188. The summed E-state index contributed by atoms with van der Waals surface area (Å²) in [7, 11) is -3.75. The molecule has 2 aromatic rings. The zero-order chi connectivity index (χ0) is 17.7. The summed E-state index contributed by atoms with van der Waals surface area (Å²) in [6, 6.07) is 8.40. The third-order valence-electron chi connectivity index (χ3n) is 3.15. The normalized spacial score (nSPS) is 11.3. The van der Waals surface area contributed by atoms with Crippen LogP contribution in [0.15, 0.2) is 47.4 Å². The molecule has 2 N–H and O–H groups in total. The summed E-state index contributed by atoms with van der Waals surface area (Å²) in [6.45, 7) is 2.08. The van der Waals surface area contributed by atoms with Gasteiger partial charge in [0, 0.05) is 12.1 Å². The second kappa shape index (κ2) is 7.50.